The molecule has 1 N–H and O–H groups in total. The van der Waals surface area contributed by atoms with Gasteiger partial charge in [-0.3, -0.25) is 9.59 Å². The van der Waals surface area contributed by atoms with E-state index in [0.717, 1.165) is 0 Å². The molecule has 3 nitrogen and oxygen atoms in total. The number of halogens is 1. The molecule has 0 aromatic heterocycles. The van der Waals surface area contributed by atoms with Gasteiger partial charge >= 0.3 is 0 Å². The number of rotatable bonds is 3. The van der Waals surface area contributed by atoms with Crippen molar-refractivity contribution >= 4 is 23.3 Å². The Balaban J connectivity index is 2.56. The Bertz CT molecular complexity index is 418. The van der Waals surface area contributed by atoms with E-state index in [0.29, 0.717) is 10.6 Å². The fourth-order valence-electron chi connectivity index (χ4n) is 1.13. The lowest BCUT2D eigenvalue weighted by molar-refractivity contribution is -0.125. The minimum absolute atomic E-state index is 0.000173. The van der Waals surface area contributed by atoms with Gasteiger partial charge in [0, 0.05) is 16.0 Å². The summed E-state index contributed by atoms with van der Waals surface area (Å²) in [6.07, 6.45) is 0. The van der Waals surface area contributed by atoms with Crippen molar-refractivity contribution in [1.29, 1.82) is 0 Å². The molecule has 1 amide bonds. The van der Waals surface area contributed by atoms with Crippen molar-refractivity contribution in [2.45, 2.75) is 20.8 Å². The monoisotopic (exact) mass is 253 g/mol. The fraction of sp³-hybridized carbons (Fsp3) is 0.385. The van der Waals surface area contributed by atoms with Crippen LogP contribution in [0.25, 0.3) is 0 Å². The molecule has 1 aromatic carbocycles. The van der Waals surface area contributed by atoms with Crippen LogP contribution < -0.4 is 5.32 Å². The largest absolute Gasteiger partial charge is 0.345 e. The lowest BCUT2D eigenvalue weighted by atomic mass is 9.91. The molecule has 0 heterocycles. The molecule has 0 fully saturated rings. The fourth-order valence-corrected chi connectivity index (χ4v) is 1.26. The van der Waals surface area contributed by atoms with Gasteiger partial charge in [-0.05, 0) is 24.3 Å². The zero-order valence-electron chi connectivity index (χ0n) is 10.2. The third-order valence-corrected chi connectivity index (χ3v) is 2.60. The smallest absolute Gasteiger partial charge is 0.251 e. The van der Waals surface area contributed by atoms with Crippen LogP contribution in [0.5, 0.6) is 0 Å². The summed E-state index contributed by atoms with van der Waals surface area (Å²) in [5.41, 5.74) is 0.0592. The Morgan fingerprint density at radius 1 is 1.18 bits per heavy atom. The SMILES string of the molecule is CC(C)(C)C(=O)CNC(=O)c1ccc(Cl)cc1. The van der Waals surface area contributed by atoms with E-state index in [1.807, 2.05) is 20.8 Å². The summed E-state index contributed by atoms with van der Waals surface area (Å²) in [4.78, 5) is 23.3. The summed E-state index contributed by atoms with van der Waals surface area (Å²) in [5, 5.41) is 3.17. The highest BCUT2D eigenvalue weighted by Gasteiger charge is 2.21. The Hall–Kier alpha value is -1.35. The number of hydrogen-bond acceptors (Lipinski definition) is 2. The van der Waals surface area contributed by atoms with Gasteiger partial charge in [0.2, 0.25) is 0 Å². The van der Waals surface area contributed by atoms with Crippen molar-refractivity contribution in [2.75, 3.05) is 6.54 Å². The molecule has 0 aliphatic heterocycles. The van der Waals surface area contributed by atoms with Crippen molar-refractivity contribution < 1.29 is 9.59 Å². The van der Waals surface area contributed by atoms with Gasteiger partial charge in [0.1, 0.15) is 0 Å². The molecule has 1 rings (SSSR count). The third-order valence-electron chi connectivity index (χ3n) is 2.35. The molecule has 0 atom stereocenters. The average Bonchev–Trinajstić information content (AvgIpc) is 2.25. The number of nitrogens with one attached hydrogen (secondary N) is 1. The molecular formula is C13H16ClNO2. The molecular weight excluding hydrogens is 238 g/mol. The topological polar surface area (TPSA) is 46.2 Å². The first kappa shape index (κ1) is 13.7. The normalized spacial score (nSPS) is 11.1. The molecule has 0 aliphatic rings. The number of carbonyl (C=O) groups is 2. The standard InChI is InChI=1S/C13H16ClNO2/c1-13(2,3)11(16)8-15-12(17)9-4-6-10(14)7-5-9/h4-7H,8H2,1-3H3,(H,15,17). The van der Waals surface area contributed by atoms with Crippen LogP contribution in [-0.2, 0) is 4.79 Å². The molecule has 0 aliphatic carbocycles. The van der Waals surface area contributed by atoms with E-state index in [2.05, 4.69) is 5.32 Å². The maximum atomic E-state index is 11.7. The highest BCUT2D eigenvalue weighted by molar-refractivity contribution is 6.30. The number of ketones is 1. The van der Waals surface area contributed by atoms with Crippen LogP contribution in [0.15, 0.2) is 24.3 Å². The van der Waals surface area contributed by atoms with Crippen LogP contribution in [0.4, 0.5) is 0 Å². The van der Waals surface area contributed by atoms with Gasteiger partial charge < -0.3 is 5.32 Å². The Morgan fingerprint density at radius 2 is 1.71 bits per heavy atom. The lowest BCUT2D eigenvalue weighted by Crippen LogP contribution is -2.35. The summed E-state index contributed by atoms with van der Waals surface area (Å²) in [6.45, 7) is 5.52. The maximum Gasteiger partial charge on any atom is 0.251 e. The first-order valence-electron chi connectivity index (χ1n) is 5.38. The Labute approximate surface area is 106 Å². The quantitative estimate of drug-likeness (QED) is 0.900. The van der Waals surface area contributed by atoms with Gasteiger partial charge in [0.25, 0.3) is 5.91 Å². The number of hydrogen-bond donors (Lipinski definition) is 1. The van der Waals surface area contributed by atoms with Gasteiger partial charge in [0.05, 0.1) is 6.54 Å². The predicted molar refractivity (Wildman–Crippen MR) is 68.2 cm³/mol. The zero-order chi connectivity index (χ0) is 13.1. The highest BCUT2D eigenvalue weighted by atomic mass is 35.5. The van der Waals surface area contributed by atoms with Crippen LogP contribution in [0.1, 0.15) is 31.1 Å². The van der Waals surface area contributed by atoms with Gasteiger partial charge in [0.15, 0.2) is 5.78 Å². The minimum Gasteiger partial charge on any atom is -0.345 e. The molecule has 92 valence electrons. The van der Waals surface area contributed by atoms with Crippen molar-refractivity contribution in [3.63, 3.8) is 0 Å². The van der Waals surface area contributed by atoms with E-state index in [4.69, 9.17) is 11.6 Å². The summed E-state index contributed by atoms with van der Waals surface area (Å²) >= 11 is 5.72. The van der Waals surface area contributed by atoms with E-state index in [1.165, 1.54) is 0 Å². The van der Waals surface area contributed by atoms with Crippen molar-refractivity contribution in [2.24, 2.45) is 5.41 Å². The first-order valence-corrected chi connectivity index (χ1v) is 5.75. The summed E-state index contributed by atoms with van der Waals surface area (Å²) < 4.78 is 0. The predicted octanol–water partition coefficient (Wildman–Crippen LogP) is 2.69. The molecule has 0 saturated carbocycles. The molecule has 17 heavy (non-hydrogen) atoms. The average molecular weight is 254 g/mol. The molecule has 1 aromatic rings. The van der Waals surface area contributed by atoms with E-state index in [-0.39, 0.29) is 18.2 Å². The molecule has 4 heteroatoms. The Morgan fingerprint density at radius 3 is 2.18 bits per heavy atom. The van der Waals surface area contributed by atoms with Crippen LogP contribution >= 0.6 is 11.6 Å². The van der Waals surface area contributed by atoms with Crippen LogP contribution in [0.3, 0.4) is 0 Å². The van der Waals surface area contributed by atoms with Gasteiger partial charge in [-0.1, -0.05) is 32.4 Å². The van der Waals surface area contributed by atoms with Gasteiger partial charge in [-0.2, -0.15) is 0 Å². The maximum absolute atomic E-state index is 11.7. The zero-order valence-corrected chi connectivity index (χ0v) is 11.0. The molecule has 0 saturated heterocycles. The number of Topliss-reactive ketones (excluding diaryl/α,β-unsaturated/α-hetero) is 1. The van der Waals surface area contributed by atoms with E-state index < -0.39 is 5.41 Å². The molecule has 0 unspecified atom stereocenters. The molecule has 0 bridgehead atoms. The minimum atomic E-state index is -0.437. The van der Waals surface area contributed by atoms with E-state index >= 15 is 0 Å². The second-order valence-electron chi connectivity index (χ2n) is 4.86. The number of benzene rings is 1. The van der Waals surface area contributed by atoms with Crippen LogP contribution in [0, 0.1) is 5.41 Å². The second kappa shape index (κ2) is 5.32. The van der Waals surface area contributed by atoms with Crippen LogP contribution in [0.2, 0.25) is 5.02 Å². The summed E-state index contributed by atoms with van der Waals surface area (Å²) in [6, 6.07) is 6.53. The van der Waals surface area contributed by atoms with Crippen molar-refractivity contribution in [3.8, 4) is 0 Å². The number of amides is 1. The van der Waals surface area contributed by atoms with E-state index in [1.54, 1.807) is 24.3 Å². The van der Waals surface area contributed by atoms with Gasteiger partial charge in [-0.25, -0.2) is 0 Å². The highest BCUT2D eigenvalue weighted by Crippen LogP contribution is 2.14. The van der Waals surface area contributed by atoms with Crippen molar-refractivity contribution in [1.82, 2.24) is 5.32 Å². The van der Waals surface area contributed by atoms with Crippen molar-refractivity contribution in [3.05, 3.63) is 34.9 Å². The number of carbonyl (C=O) groups excluding carboxylic acids is 2. The summed E-state index contributed by atoms with van der Waals surface area (Å²) in [5.74, 6) is -0.265. The first-order chi connectivity index (χ1) is 7.80. The third kappa shape index (κ3) is 4.19. The van der Waals surface area contributed by atoms with Gasteiger partial charge in [-0.15, -0.1) is 0 Å². The molecule has 0 spiro atoms. The molecule has 0 radical (unpaired) electrons. The second-order valence-corrected chi connectivity index (χ2v) is 5.30. The van der Waals surface area contributed by atoms with E-state index in [9.17, 15) is 9.59 Å². The summed E-state index contributed by atoms with van der Waals surface area (Å²) in [7, 11) is 0. The van der Waals surface area contributed by atoms with Crippen LogP contribution in [-0.4, -0.2) is 18.2 Å². The lowest BCUT2D eigenvalue weighted by Gasteiger charge is -2.16. The Kier molecular flexibility index (Phi) is 4.29.